The molecule has 2 aromatic carbocycles. The van der Waals surface area contributed by atoms with E-state index in [4.69, 9.17) is 14.0 Å². The van der Waals surface area contributed by atoms with Crippen molar-refractivity contribution in [3.63, 3.8) is 0 Å². The highest BCUT2D eigenvalue weighted by Gasteiger charge is 2.41. The first kappa shape index (κ1) is 27.1. The van der Waals surface area contributed by atoms with E-state index in [0.717, 1.165) is 0 Å². The zero-order chi connectivity index (χ0) is 26.6. The largest absolute Gasteiger partial charge is 0.494 e. The molecule has 1 heterocycles. The highest BCUT2D eigenvalue weighted by molar-refractivity contribution is 7.85. The van der Waals surface area contributed by atoms with E-state index in [1.807, 2.05) is 37.3 Å². The third kappa shape index (κ3) is 5.83. The fraction of sp³-hybridized carbons (Fsp3) is 0.375. The Morgan fingerprint density at radius 2 is 1.72 bits per heavy atom. The number of para-hydroxylation sites is 1. The zero-order valence-corrected chi connectivity index (χ0v) is 21.7. The lowest BCUT2D eigenvalue weighted by atomic mass is 10.2. The molecule has 11 nitrogen and oxygen atoms in total. The van der Waals surface area contributed by atoms with E-state index in [9.17, 15) is 18.3 Å². The van der Waals surface area contributed by atoms with Crippen molar-refractivity contribution in [2.45, 2.75) is 20.0 Å². The molecule has 2 N–H and O–H groups in total. The highest BCUT2D eigenvalue weighted by Crippen LogP contribution is 2.42. The van der Waals surface area contributed by atoms with E-state index in [1.54, 1.807) is 35.7 Å². The molecule has 0 saturated carbocycles. The number of anilines is 2. The second-order valence-electron chi connectivity index (χ2n) is 8.16. The number of nitrogens with zero attached hydrogens (tertiary/aromatic N) is 4. The molecule has 36 heavy (non-hydrogen) atoms. The van der Waals surface area contributed by atoms with E-state index in [-0.39, 0.29) is 18.2 Å². The molecule has 1 aliphatic rings. The van der Waals surface area contributed by atoms with Crippen molar-refractivity contribution in [1.29, 1.82) is 0 Å². The van der Waals surface area contributed by atoms with Gasteiger partial charge >= 0.3 is 5.91 Å². The Bertz CT molecular complexity index is 1270. The van der Waals surface area contributed by atoms with Crippen LogP contribution in [0, 0.1) is 0 Å². The van der Waals surface area contributed by atoms with E-state index in [1.165, 1.54) is 19.2 Å². The fourth-order valence-electron chi connectivity index (χ4n) is 3.93. The standard InChI is InChI=1S/C24H30N4O7S/c1-6-27(14-19(29)15-36(31,32)33)18-12-20(34-4)23(21(13-18)35-5)25-22-16(2)26(3)28(24(22)30)17-10-8-7-9-11-17/h7-13,19,29H,6,14-15H2,1-5H3/p+1. The maximum atomic E-state index is 13.3. The molecule has 194 valence electrons. The van der Waals surface area contributed by atoms with Crippen LogP contribution in [0.2, 0.25) is 0 Å². The number of aliphatic imine (C=N–C) groups is 1. The highest BCUT2D eigenvalue weighted by atomic mass is 32.2. The molecule has 0 aromatic heterocycles. The average molecular weight is 520 g/mol. The van der Waals surface area contributed by atoms with Gasteiger partial charge in [-0.25, -0.2) is 4.99 Å². The normalized spacial score (nSPS) is 16.0. The number of hydrazine groups is 1. The molecule has 0 spiro atoms. The molecule has 3 rings (SSSR count). The number of hydrogen-bond donors (Lipinski definition) is 2. The Balaban J connectivity index is 2.02. The van der Waals surface area contributed by atoms with E-state index in [0.29, 0.717) is 40.8 Å². The third-order valence-electron chi connectivity index (χ3n) is 5.79. The van der Waals surface area contributed by atoms with Crippen molar-refractivity contribution in [3.8, 4) is 11.5 Å². The topological polar surface area (TPSA) is 132 Å². The minimum atomic E-state index is -4.33. The molecule has 1 unspecified atom stereocenters. The number of benzene rings is 2. The van der Waals surface area contributed by atoms with Crippen molar-refractivity contribution in [3.05, 3.63) is 42.5 Å². The van der Waals surface area contributed by atoms with Crippen LogP contribution in [0.15, 0.2) is 47.5 Å². The average Bonchev–Trinajstić information content (AvgIpc) is 3.04. The van der Waals surface area contributed by atoms with Crippen LogP contribution >= 0.6 is 0 Å². The lowest BCUT2D eigenvalue weighted by molar-refractivity contribution is -0.495. The first-order valence-electron chi connectivity index (χ1n) is 11.2. The first-order chi connectivity index (χ1) is 17.0. The van der Waals surface area contributed by atoms with Crippen molar-refractivity contribution in [2.75, 3.05) is 50.0 Å². The Morgan fingerprint density at radius 3 is 2.22 bits per heavy atom. The number of likely N-dealkylation sites (N-methyl/N-ethyl adjacent to an activating group) is 1. The van der Waals surface area contributed by atoms with Gasteiger partial charge in [0, 0.05) is 37.8 Å². The van der Waals surface area contributed by atoms with E-state index < -0.39 is 22.0 Å². The SMILES string of the molecule is CCN(CC(O)CS(=O)(=O)O)c1cc(OC)c(N=C2C(=O)N(c3ccccc3)[N+](C)=C2C)c(OC)c1. The Kier molecular flexibility index (Phi) is 8.33. The van der Waals surface area contributed by atoms with E-state index >= 15 is 0 Å². The predicted octanol–water partition coefficient (Wildman–Crippen LogP) is 1.92. The number of aliphatic hydroxyl groups is 1. The molecule has 0 bridgehead atoms. The van der Waals surface area contributed by atoms with Crippen molar-refractivity contribution in [1.82, 2.24) is 0 Å². The number of ether oxygens (including phenoxy) is 2. The lowest BCUT2D eigenvalue weighted by Crippen LogP contribution is -2.36. The molecular weight excluding hydrogens is 488 g/mol. The molecule has 1 atom stereocenters. The third-order valence-corrected chi connectivity index (χ3v) is 6.60. The summed E-state index contributed by atoms with van der Waals surface area (Å²) in [5.74, 6) is -0.452. The molecule has 1 amide bonds. The summed E-state index contributed by atoms with van der Waals surface area (Å²) in [7, 11) is 0.363. The van der Waals surface area contributed by atoms with Gasteiger partial charge in [0.25, 0.3) is 10.1 Å². The van der Waals surface area contributed by atoms with Gasteiger partial charge in [-0.15, -0.1) is 4.68 Å². The van der Waals surface area contributed by atoms with Crippen LogP contribution in [0.25, 0.3) is 0 Å². The monoisotopic (exact) mass is 519 g/mol. The van der Waals surface area contributed by atoms with Gasteiger partial charge in [-0.2, -0.15) is 8.42 Å². The van der Waals surface area contributed by atoms with Gasteiger partial charge in [0.15, 0.2) is 7.05 Å². The summed E-state index contributed by atoms with van der Waals surface area (Å²) in [6, 6.07) is 12.6. The zero-order valence-electron chi connectivity index (χ0n) is 20.9. The second kappa shape index (κ2) is 11.1. The van der Waals surface area contributed by atoms with Crippen LogP contribution in [0.1, 0.15) is 13.8 Å². The minimum Gasteiger partial charge on any atom is -0.494 e. The number of carbonyl (C=O) groups is 1. The summed E-state index contributed by atoms with van der Waals surface area (Å²) in [5.41, 5.74) is 2.45. The summed E-state index contributed by atoms with van der Waals surface area (Å²) in [5, 5.41) is 11.7. The van der Waals surface area contributed by atoms with Crippen molar-refractivity contribution in [2.24, 2.45) is 4.99 Å². The predicted molar refractivity (Wildman–Crippen MR) is 138 cm³/mol. The second-order valence-corrected chi connectivity index (χ2v) is 9.66. The van der Waals surface area contributed by atoms with Gasteiger partial charge in [0.05, 0.1) is 20.3 Å². The van der Waals surface area contributed by atoms with Gasteiger partial charge in [-0.1, -0.05) is 23.2 Å². The van der Waals surface area contributed by atoms with Gasteiger partial charge < -0.3 is 19.5 Å². The Hall–Kier alpha value is -3.48. The molecule has 0 fully saturated rings. The molecule has 0 aliphatic carbocycles. The molecule has 0 radical (unpaired) electrons. The number of hydrogen-bond acceptors (Lipinski definition) is 8. The van der Waals surface area contributed by atoms with Crippen molar-refractivity contribution >= 4 is 44.5 Å². The Labute approximate surface area is 210 Å². The molecule has 1 aliphatic heterocycles. The van der Waals surface area contributed by atoms with Crippen LogP contribution in [0.3, 0.4) is 0 Å². The van der Waals surface area contributed by atoms with Gasteiger partial charge in [0.1, 0.15) is 28.6 Å². The first-order valence-corrected chi connectivity index (χ1v) is 12.8. The number of methoxy groups -OCH3 is 2. The Morgan fingerprint density at radius 1 is 1.14 bits per heavy atom. The number of aliphatic hydroxyl groups excluding tert-OH is 1. The summed E-state index contributed by atoms with van der Waals surface area (Å²) < 4.78 is 44.2. The summed E-state index contributed by atoms with van der Waals surface area (Å²) in [6.07, 6.45) is -1.32. The fourth-order valence-corrected chi connectivity index (χ4v) is 4.53. The maximum Gasteiger partial charge on any atom is 0.338 e. The maximum absolute atomic E-state index is 13.3. The van der Waals surface area contributed by atoms with Crippen LogP contribution in [-0.2, 0) is 14.9 Å². The van der Waals surface area contributed by atoms with Crippen LogP contribution in [-0.4, -0.2) is 86.3 Å². The molecular formula is C24H31N4O7S+. The number of rotatable bonds is 10. The number of amides is 1. The van der Waals surface area contributed by atoms with Gasteiger partial charge in [-0.05, 0) is 19.1 Å². The summed E-state index contributed by atoms with van der Waals surface area (Å²) >= 11 is 0. The van der Waals surface area contributed by atoms with Crippen LogP contribution in [0.5, 0.6) is 11.5 Å². The van der Waals surface area contributed by atoms with Gasteiger partial charge in [-0.3, -0.25) is 9.35 Å². The van der Waals surface area contributed by atoms with Gasteiger partial charge in [0.2, 0.25) is 11.4 Å². The van der Waals surface area contributed by atoms with E-state index in [2.05, 4.69) is 4.99 Å². The molecule has 0 saturated heterocycles. The smallest absolute Gasteiger partial charge is 0.338 e. The molecule has 2 aromatic rings. The number of carbonyl (C=O) groups excluding carboxylic acids is 1. The van der Waals surface area contributed by atoms with Crippen LogP contribution in [0.4, 0.5) is 17.1 Å². The summed E-state index contributed by atoms with van der Waals surface area (Å²) in [4.78, 5) is 19.7. The molecule has 12 heteroatoms. The van der Waals surface area contributed by atoms with Crippen molar-refractivity contribution < 1.29 is 37.0 Å². The quantitative estimate of drug-likeness (QED) is 0.360. The lowest BCUT2D eigenvalue weighted by Gasteiger charge is -2.26. The minimum absolute atomic E-state index is 0.0569. The van der Waals surface area contributed by atoms with Crippen LogP contribution < -0.4 is 19.4 Å². The summed E-state index contributed by atoms with van der Waals surface area (Å²) in [6.45, 7) is 3.99. The number of hydrazone groups is 1.